The molecule has 0 amide bonds. The van der Waals surface area contributed by atoms with Gasteiger partial charge in [0.05, 0.1) is 4.90 Å². The van der Waals surface area contributed by atoms with Crippen LogP contribution in [0.25, 0.3) is 0 Å². The highest BCUT2D eigenvalue weighted by Gasteiger charge is 2.19. The van der Waals surface area contributed by atoms with Gasteiger partial charge in [-0.25, -0.2) is 12.7 Å². The van der Waals surface area contributed by atoms with E-state index in [1.807, 2.05) is 12.1 Å². The standard InChI is InChI=1S/C15H26N2O2S/c1-4-6-12-17(3)20(18,19)15-9-7-14(8-10-15)13-16-11-5-2/h7-10,16H,4-6,11-13H2,1-3H3. The number of rotatable bonds is 9. The largest absolute Gasteiger partial charge is 0.313 e. The summed E-state index contributed by atoms with van der Waals surface area (Å²) in [5.74, 6) is 0. The Morgan fingerprint density at radius 1 is 1.10 bits per heavy atom. The van der Waals surface area contributed by atoms with Crippen LogP contribution in [0.2, 0.25) is 0 Å². The molecule has 1 N–H and O–H groups in total. The predicted octanol–water partition coefficient (Wildman–Crippen LogP) is 2.61. The van der Waals surface area contributed by atoms with E-state index in [-0.39, 0.29) is 0 Å². The van der Waals surface area contributed by atoms with Crippen LogP contribution in [0, 0.1) is 0 Å². The average Bonchev–Trinajstić information content (AvgIpc) is 2.45. The molecule has 1 aromatic rings. The molecule has 0 saturated carbocycles. The molecule has 0 heterocycles. The third-order valence-corrected chi connectivity index (χ3v) is 5.09. The first-order chi connectivity index (χ1) is 9.52. The highest BCUT2D eigenvalue weighted by Crippen LogP contribution is 2.15. The van der Waals surface area contributed by atoms with Gasteiger partial charge in [-0.15, -0.1) is 0 Å². The molecule has 1 aromatic carbocycles. The van der Waals surface area contributed by atoms with E-state index in [0.29, 0.717) is 11.4 Å². The molecule has 0 aliphatic carbocycles. The summed E-state index contributed by atoms with van der Waals surface area (Å²) in [4.78, 5) is 0.371. The first-order valence-corrected chi connectivity index (χ1v) is 8.72. The van der Waals surface area contributed by atoms with Crippen LogP contribution < -0.4 is 5.32 Å². The number of benzene rings is 1. The maximum absolute atomic E-state index is 12.3. The molecule has 114 valence electrons. The summed E-state index contributed by atoms with van der Waals surface area (Å²) in [6.07, 6.45) is 2.96. The van der Waals surface area contributed by atoms with Crippen molar-refractivity contribution in [3.8, 4) is 0 Å². The van der Waals surface area contributed by atoms with Gasteiger partial charge < -0.3 is 5.32 Å². The lowest BCUT2D eigenvalue weighted by molar-refractivity contribution is 0.459. The van der Waals surface area contributed by atoms with Crippen LogP contribution in [0.15, 0.2) is 29.2 Å². The Hall–Kier alpha value is -0.910. The van der Waals surface area contributed by atoms with Crippen LogP contribution >= 0.6 is 0 Å². The zero-order valence-electron chi connectivity index (χ0n) is 12.7. The van der Waals surface area contributed by atoms with Crippen molar-refractivity contribution >= 4 is 10.0 Å². The summed E-state index contributed by atoms with van der Waals surface area (Å²) in [5.41, 5.74) is 1.11. The van der Waals surface area contributed by atoms with Crippen molar-refractivity contribution < 1.29 is 8.42 Å². The molecule has 0 fully saturated rings. The van der Waals surface area contributed by atoms with E-state index < -0.39 is 10.0 Å². The molecule has 0 aliphatic heterocycles. The molecule has 1 rings (SSSR count). The van der Waals surface area contributed by atoms with E-state index >= 15 is 0 Å². The molecule has 0 unspecified atom stereocenters. The van der Waals surface area contributed by atoms with E-state index in [1.54, 1.807) is 19.2 Å². The summed E-state index contributed by atoms with van der Waals surface area (Å²) >= 11 is 0. The van der Waals surface area contributed by atoms with Crippen LogP contribution in [0.3, 0.4) is 0 Å². The zero-order chi connectivity index (χ0) is 15.0. The van der Waals surface area contributed by atoms with E-state index in [1.165, 1.54) is 4.31 Å². The maximum atomic E-state index is 12.3. The van der Waals surface area contributed by atoms with Gasteiger partial charge in [0.15, 0.2) is 0 Å². The second-order valence-corrected chi connectivity index (χ2v) is 7.05. The summed E-state index contributed by atoms with van der Waals surface area (Å²) in [6, 6.07) is 7.15. The summed E-state index contributed by atoms with van der Waals surface area (Å²) in [5, 5.41) is 3.30. The second-order valence-electron chi connectivity index (χ2n) is 5.00. The Balaban J connectivity index is 2.71. The van der Waals surface area contributed by atoms with Crippen molar-refractivity contribution in [1.82, 2.24) is 9.62 Å². The van der Waals surface area contributed by atoms with Crippen LogP contribution in [0.1, 0.15) is 38.7 Å². The average molecular weight is 298 g/mol. The molecule has 0 atom stereocenters. The van der Waals surface area contributed by atoms with Gasteiger partial charge >= 0.3 is 0 Å². The quantitative estimate of drug-likeness (QED) is 0.713. The van der Waals surface area contributed by atoms with Crippen molar-refractivity contribution in [2.75, 3.05) is 20.1 Å². The molecule has 0 bridgehead atoms. The van der Waals surface area contributed by atoms with Crippen LogP contribution in [0.5, 0.6) is 0 Å². The molecule has 0 saturated heterocycles. The van der Waals surface area contributed by atoms with Gasteiger partial charge in [0, 0.05) is 20.1 Å². The zero-order valence-corrected chi connectivity index (χ0v) is 13.5. The molecule has 0 radical (unpaired) electrons. The first kappa shape index (κ1) is 17.1. The number of hydrogen-bond donors (Lipinski definition) is 1. The maximum Gasteiger partial charge on any atom is 0.242 e. The predicted molar refractivity (Wildman–Crippen MR) is 83.2 cm³/mol. The third kappa shape index (κ3) is 4.89. The molecule has 0 aromatic heterocycles. The third-order valence-electron chi connectivity index (χ3n) is 3.21. The molecular formula is C15H26N2O2S. The minimum absolute atomic E-state index is 0.371. The highest BCUT2D eigenvalue weighted by atomic mass is 32.2. The number of sulfonamides is 1. The topological polar surface area (TPSA) is 49.4 Å². The lowest BCUT2D eigenvalue weighted by atomic mass is 10.2. The highest BCUT2D eigenvalue weighted by molar-refractivity contribution is 7.89. The summed E-state index contributed by atoms with van der Waals surface area (Å²) in [6.45, 7) is 6.49. The Labute approximate surface area is 123 Å². The van der Waals surface area contributed by atoms with Gasteiger partial charge in [0.25, 0.3) is 0 Å². The molecule has 4 nitrogen and oxygen atoms in total. The van der Waals surface area contributed by atoms with Gasteiger partial charge in [0.1, 0.15) is 0 Å². The van der Waals surface area contributed by atoms with Gasteiger partial charge in [-0.1, -0.05) is 32.4 Å². The normalized spacial score (nSPS) is 12.0. The monoisotopic (exact) mass is 298 g/mol. The van der Waals surface area contributed by atoms with Gasteiger partial charge in [-0.2, -0.15) is 0 Å². The first-order valence-electron chi connectivity index (χ1n) is 7.28. The molecule has 5 heteroatoms. The summed E-state index contributed by atoms with van der Waals surface area (Å²) < 4.78 is 26.1. The lowest BCUT2D eigenvalue weighted by Gasteiger charge is -2.17. The van der Waals surface area contributed by atoms with Crippen molar-refractivity contribution in [3.05, 3.63) is 29.8 Å². The van der Waals surface area contributed by atoms with Crippen molar-refractivity contribution in [3.63, 3.8) is 0 Å². The van der Waals surface area contributed by atoms with E-state index in [0.717, 1.165) is 37.9 Å². The smallest absolute Gasteiger partial charge is 0.242 e. The fourth-order valence-electron chi connectivity index (χ4n) is 1.87. The SMILES string of the molecule is CCCCN(C)S(=O)(=O)c1ccc(CNCCC)cc1. The number of nitrogens with zero attached hydrogens (tertiary/aromatic N) is 1. The Morgan fingerprint density at radius 3 is 2.30 bits per heavy atom. The molecule has 0 spiro atoms. The fourth-order valence-corrected chi connectivity index (χ4v) is 3.08. The minimum Gasteiger partial charge on any atom is -0.313 e. The van der Waals surface area contributed by atoms with E-state index in [2.05, 4.69) is 19.2 Å². The van der Waals surface area contributed by atoms with E-state index in [4.69, 9.17) is 0 Å². The fraction of sp³-hybridized carbons (Fsp3) is 0.600. The number of unbranched alkanes of at least 4 members (excludes halogenated alkanes) is 1. The molecule has 20 heavy (non-hydrogen) atoms. The summed E-state index contributed by atoms with van der Waals surface area (Å²) in [7, 11) is -1.70. The van der Waals surface area contributed by atoms with Crippen molar-refractivity contribution in [2.45, 2.75) is 44.6 Å². The molecular weight excluding hydrogens is 272 g/mol. The van der Waals surface area contributed by atoms with Gasteiger partial charge in [0.2, 0.25) is 10.0 Å². The van der Waals surface area contributed by atoms with Gasteiger partial charge in [-0.05, 0) is 37.1 Å². The van der Waals surface area contributed by atoms with Crippen LogP contribution in [0.4, 0.5) is 0 Å². The van der Waals surface area contributed by atoms with E-state index in [9.17, 15) is 8.42 Å². The van der Waals surface area contributed by atoms with Crippen molar-refractivity contribution in [1.29, 1.82) is 0 Å². The Morgan fingerprint density at radius 2 is 1.75 bits per heavy atom. The second kappa shape index (κ2) is 8.39. The van der Waals surface area contributed by atoms with Crippen LogP contribution in [-0.4, -0.2) is 32.9 Å². The number of hydrogen-bond acceptors (Lipinski definition) is 3. The van der Waals surface area contributed by atoms with Crippen LogP contribution in [-0.2, 0) is 16.6 Å². The lowest BCUT2D eigenvalue weighted by Crippen LogP contribution is -2.27. The number of nitrogens with one attached hydrogen (secondary N) is 1. The molecule has 0 aliphatic rings. The minimum atomic E-state index is -3.34. The Kier molecular flexibility index (Phi) is 7.19. The Bertz CT molecular complexity index is 483. The van der Waals surface area contributed by atoms with Gasteiger partial charge in [-0.3, -0.25) is 0 Å². The van der Waals surface area contributed by atoms with Crippen molar-refractivity contribution in [2.24, 2.45) is 0 Å².